The van der Waals surface area contributed by atoms with Crippen LogP contribution in [0.15, 0.2) is 18.2 Å². The number of carbonyl (C=O) groups is 2. The molecule has 2 rings (SSSR count). The van der Waals surface area contributed by atoms with Gasteiger partial charge in [0, 0.05) is 24.5 Å². The lowest BCUT2D eigenvalue weighted by molar-refractivity contribution is -0.122. The number of aryl methyl sites for hydroxylation is 1. The highest BCUT2D eigenvalue weighted by Gasteiger charge is 2.23. The maximum Gasteiger partial charge on any atom is 0.241 e. The van der Waals surface area contributed by atoms with Gasteiger partial charge in [0.25, 0.3) is 0 Å². The molecular formula is C18H28N4O3. The summed E-state index contributed by atoms with van der Waals surface area (Å²) < 4.78 is 5.32. The molecule has 1 aliphatic heterocycles. The zero-order valence-electron chi connectivity index (χ0n) is 15.5. The van der Waals surface area contributed by atoms with Crippen LogP contribution in [0.2, 0.25) is 0 Å². The van der Waals surface area contributed by atoms with Crippen LogP contribution in [0.3, 0.4) is 0 Å². The normalized spacial score (nSPS) is 16.5. The molecule has 1 fully saturated rings. The number of likely N-dealkylation sites (N-methyl/N-ethyl adjacent to an activating group) is 1. The van der Waals surface area contributed by atoms with Crippen molar-refractivity contribution in [2.45, 2.75) is 19.9 Å². The van der Waals surface area contributed by atoms with Crippen molar-refractivity contribution in [3.63, 3.8) is 0 Å². The topological polar surface area (TPSA) is 73.9 Å². The number of morpholine rings is 1. The summed E-state index contributed by atoms with van der Waals surface area (Å²) in [7, 11) is 3.70. The molecule has 7 nitrogen and oxygen atoms in total. The molecule has 7 heteroatoms. The number of benzene rings is 1. The number of nitrogens with one attached hydrogen (secondary N) is 2. The molecule has 1 aliphatic rings. The van der Waals surface area contributed by atoms with Gasteiger partial charge in [-0.3, -0.25) is 14.5 Å². The zero-order valence-corrected chi connectivity index (χ0v) is 15.5. The van der Waals surface area contributed by atoms with Crippen LogP contribution in [0.4, 0.5) is 11.4 Å². The van der Waals surface area contributed by atoms with Gasteiger partial charge in [-0.1, -0.05) is 0 Å². The Labute approximate surface area is 149 Å². The molecule has 2 amide bonds. The Kier molecular flexibility index (Phi) is 6.92. The van der Waals surface area contributed by atoms with Crippen molar-refractivity contribution in [2.75, 3.05) is 57.6 Å². The number of hydrogen-bond acceptors (Lipinski definition) is 5. The van der Waals surface area contributed by atoms with E-state index in [0.29, 0.717) is 19.8 Å². The first-order chi connectivity index (χ1) is 11.9. The summed E-state index contributed by atoms with van der Waals surface area (Å²) in [4.78, 5) is 28.2. The molecule has 0 bridgehead atoms. The van der Waals surface area contributed by atoms with Crippen LogP contribution in [-0.4, -0.2) is 74.6 Å². The molecule has 2 N–H and O–H groups in total. The van der Waals surface area contributed by atoms with Gasteiger partial charge in [0.15, 0.2) is 0 Å². The number of nitrogens with zero attached hydrogens (tertiary/aromatic N) is 2. The molecule has 0 radical (unpaired) electrons. The highest BCUT2D eigenvalue weighted by Crippen LogP contribution is 2.20. The van der Waals surface area contributed by atoms with E-state index in [1.165, 1.54) is 0 Å². The highest BCUT2D eigenvalue weighted by molar-refractivity contribution is 5.96. The zero-order chi connectivity index (χ0) is 18.4. The summed E-state index contributed by atoms with van der Waals surface area (Å²) in [6.45, 7) is 7.01. The third-order valence-electron chi connectivity index (χ3n) is 4.20. The Bertz CT molecular complexity index is 612. The lowest BCUT2D eigenvalue weighted by Gasteiger charge is -2.31. The molecule has 0 aromatic heterocycles. The number of rotatable bonds is 6. The first-order valence-corrected chi connectivity index (χ1v) is 8.54. The Morgan fingerprint density at radius 3 is 2.52 bits per heavy atom. The molecule has 1 saturated heterocycles. The van der Waals surface area contributed by atoms with Gasteiger partial charge in [0.1, 0.15) is 0 Å². The summed E-state index contributed by atoms with van der Waals surface area (Å²) in [5, 5.41) is 5.83. The Hall–Kier alpha value is -1.96. The monoisotopic (exact) mass is 348 g/mol. The Morgan fingerprint density at radius 1 is 1.24 bits per heavy atom. The predicted octanol–water partition coefficient (Wildman–Crippen LogP) is 1.15. The van der Waals surface area contributed by atoms with Gasteiger partial charge in [-0.05, 0) is 51.7 Å². The number of amides is 2. The Morgan fingerprint density at radius 2 is 1.92 bits per heavy atom. The van der Waals surface area contributed by atoms with E-state index in [4.69, 9.17) is 4.74 Å². The summed E-state index contributed by atoms with van der Waals surface area (Å²) >= 11 is 0. The van der Waals surface area contributed by atoms with Crippen molar-refractivity contribution in [2.24, 2.45) is 0 Å². The van der Waals surface area contributed by atoms with E-state index in [1.54, 1.807) is 0 Å². The minimum absolute atomic E-state index is 0.0364. The molecule has 1 unspecified atom stereocenters. The number of anilines is 2. The summed E-state index contributed by atoms with van der Waals surface area (Å²) in [5.41, 5.74) is 2.39. The fourth-order valence-electron chi connectivity index (χ4n) is 2.74. The smallest absolute Gasteiger partial charge is 0.241 e. The SMILES string of the molecule is Cc1cc(NC(=O)C(C)N2CCOCC2)ccc1NC(=O)CN(C)C. The molecule has 25 heavy (non-hydrogen) atoms. The van der Waals surface area contributed by atoms with Gasteiger partial charge < -0.3 is 20.3 Å². The van der Waals surface area contributed by atoms with Crippen molar-refractivity contribution in [1.82, 2.24) is 9.80 Å². The van der Waals surface area contributed by atoms with Crippen LogP contribution < -0.4 is 10.6 Å². The first-order valence-electron chi connectivity index (χ1n) is 8.54. The third-order valence-corrected chi connectivity index (χ3v) is 4.20. The molecule has 138 valence electrons. The largest absolute Gasteiger partial charge is 0.379 e. The third kappa shape index (κ3) is 5.81. The molecule has 0 saturated carbocycles. The quantitative estimate of drug-likeness (QED) is 0.807. The van der Waals surface area contributed by atoms with E-state index in [1.807, 2.05) is 51.0 Å². The second kappa shape index (κ2) is 8.94. The lowest BCUT2D eigenvalue weighted by atomic mass is 10.1. The van der Waals surface area contributed by atoms with E-state index in [9.17, 15) is 9.59 Å². The van der Waals surface area contributed by atoms with E-state index in [2.05, 4.69) is 15.5 Å². The van der Waals surface area contributed by atoms with Crippen LogP contribution in [-0.2, 0) is 14.3 Å². The van der Waals surface area contributed by atoms with Crippen LogP contribution in [0.25, 0.3) is 0 Å². The molecule has 0 aliphatic carbocycles. The standard InChI is InChI=1S/C18H28N4O3/c1-13-11-15(5-6-16(13)20-17(23)12-21(3)4)19-18(24)14(2)22-7-9-25-10-8-22/h5-6,11,14H,7-10,12H2,1-4H3,(H,19,24)(H,20,23). The van der Waals surface area contributed by atoms with Crippen LogP contribution in [0.5, 0.6) is 0 Å². The molecule has 0 spiro atoms. The minimum atomic E-state index is -0.205. The molecule has 1 aromatic carbocycles. The van der Waals surface area contributed by atoms with Gasteiger partial charge in [-0.15, -0.1) is 0 Å². The van der Waals surface area contributed by atoms with Crippen molar-refractivity contribution in [3.05, 3.63) is 23.8 Å². The van der Waals surface area contributed by atoms with Crippen molar-refractivity contribution in [1.29, 1.82) is 0 Å². The summed E-state index contributed by atoms with van der Waals surface area (Å²) in [6, 6.07) is 5.29. The second-order valence-electron chi connectivity index (χ2n) is 6.63. The average molecular weight is 348 g/mol. The highest BCUT2D eigenvalue weighted by atomic mass is 16.5. The van der Waals surface area contributed by atoms with E-state index in [-0.39, 0.29) is 17.9 Å². The molecular weight excluding hydrogens is 320 g/mol. The molecule has 1 heterocycles. The summed E-state index contributed by atoms with van der Waals surface area (Å²) in [6.07, 6.45) is 0. The maximum absolute atomic E-state index is 12.4. The van der Waals surface area contributed by atoms with E-state index >= 15 is 0 Å². The van der Waals surface area contributed by atoms with E-state index in [0.717, 1.165) is 30.0 Å². The molecule has 1 atom stereocenters. The average Bonchev–Trinajstić information content (AvgIpc) is 2.56. The fraction of sp³-hybridized carbons (Fsp3) is 0.556. The van der Waals surface area contributed by atoms with Gasteiger partial charge in [0.2, 0.25) is 11.8 Å². The van der Waals surface area contributed by atoms with Crippen molar-refractivity contribution < 1.29 is 14.3 Å². The number of hydrogen-bond donors (Lipinski definition) is 2. The van der Waals surface area contributed by atoms with Gasteiger partial charge in [-0.25, -0.2) is 0 Å². The minimum Gasteiger partial charge on any atom is -0.379 e. The Balaban J connectivity index is 1.95. The van der Waals surface area contributed by atoms with Crippen LogP contribution in [0, 0.1) is 6.92 Å². The van der Waals surface area contributed by atoms with E-state index < -0.39 is 0 Å². The maximum atomic E-state index is 12.4. The van der Waals surface area contributed by atoms with Gasteiger partial charge in [-0.2, -0.15) is 0 Å². The first kappa shape index (κ1) is 19.4. The van der Waals surface area contributed by atoms with Crippen LogP contribution in [0.1, 0.15) is 12.5 Å². The number of ether oxygens (including phenoxy) is 1. The van der Waals surface area contributed by atoms with Crippen molar-refractivity contribution >= 4 is 23.2 Å². The van der Waals surface area contributed by atoms with Crippen LogP contribution >= 0.6 is 0 Å². The fourth-order valence-corrected chi connectivity index (χ4v) is 2.74. The lowest BCUT2D eigenvalue weighted by Crippen LogP contribution is -2.47. The van der Waals surface area contributed by atoms with Crippen molar-refractivity contribution in [3.8, 4) is 0 Å². The van der Waals surface area contributed by atoms with Gasteiger partial charge >= 0.3 is 0 Å². The second-order valence-corrected chi connectivity index (χ2v) is 6.63. The number of carbonyl (C=O) groups excluding carboxylic acids is 2. The molecule has 1 aromatic rings. The summed E-state index contributed by atoms with van der Waals surface area (Å²) in [5.74, 6) is -0.100. The van der Waals surface area contributed by atoms with Gasteiger partial charge in [0.05, 0.1) is 25.8 Å². The predicted molar refractivity (Wildman–Crippen MR) is 98.8 cm³/mol.